The molecule has 0 saturated heterocycles. The fourth-order valence-electron chi connectivity index (χ4n) is 4.11. The van der Waals surface area contributed by atoms with Crippen molar-refractivity contribution in [3.63, 3.8) is 0 Å². The van der Waals surface area contributed by atoms with Crippen LogP contribution in [0, 0.1) is 0 Å². The lowest BCUT2D eigenvalue weighted by Gasteiger charge is -2.11. The predicted octanol–water partition coefficient (Wildman–Crippen LogP) is 8.73. The summed E-state index contributed by atoms with van der Waals surface area (Å²) in [5.74, 6) is 0.611. The molecule has 0 aliphatic rings. The van der Waals surface area contributed by atoms with Gasteiger partial charge in [0, 0.05) is 11.6 Å². The maximum Gasteiger partial charge on any atom is 0.0925 e. The minimum Gasteiger partial charge on any atom is -0.348 e. The zero-order valence-corrected chi connectivity index (χ0v) is 18.8. The molecule has 0 amide bonds. The molecule has 1 heterocycles. The highest BCUT2D eigenvalue weighted by atomic mass is 14.9. The average molecular weight is 377 g/mol. The van der Waals surface area contributed by atoms with Gasteiger partial charge in [-0.3, -0.25) is 0 Å². The number of aromatic nitrogens is 2. The van der Waals surface area contributed by atoms with Gasteiger partial charge < -0.3 is 4.98 Å². The Morgan fingerprint density at radius 2 is 1.19 bits per heavy atom. The van der Waals surface area contributed by atoms with E-state index in [1.54, 1.807) is 0 Å². The molecule has 1 aromatic heterocycles. The Morgan fingerprint density at radius 3 is 1.74 bits per heavy atom. The van der Waals surface area contributed by atoms with Crippen LogP contribution < -0.4 is 0 Å². The maximum atomic E-state index is 4.66. The average Bonchev–Trinajstić information content (AvgIpc) is 3.14. The minimum absolute atomic E-state index is 0.611. The number of hydrogen-bond acceptors (Lipinski definition) is 1. The van der Waals surface area contributed by atoms with Gasteiger partial charge in [0.15, 0.2) is 0 Å². The molecule has 0 bridgehead atoms. The fourth-order valence-corrected chi connectivity index (χ4v) is 4.11. The molecular weight excluding hydrogens is 328 g/mol. The van der Waals surface area contributed by atoms with Gasteiger partial charge in [0.1, 0.15) is 0 Å². The van der Waals surface area contributed by atoms with E-state index < -0.39 is 0 Å². The first-order valence-electron chi connectivity index (χ1n) is 12.3. The van der Waals surface area contributed by atoms with Crippen LogP contribution in [-0.4, -0.2) is 9.97 Å². The molecular formula is C25H48N2. The Labute approximate surface area is 170 Å². The van der Waals surface area contributed by atoms with Crippen molar-refractivity contribution in [3.05, 3.63) is 17.7 Å². The second-order valence-corrected chi connectivity index (χ2v) is 8.66. The molecule has 27 heavy (non-hydrogen) atoms. The summed E-state index contributed by atoms with van der Waals surface area (Å²) in [5.41, 5.74) is 2.76. The second kappa shape index (κ2) is 17.3. The Balaban J connectivity index is 2.09. The van der Waals surface area contributed by atoms with Crippen LogP contribution in [0.15, 0.2) is 6.33 Å². The third-order valence-corrected chi connectivity index (χ3v) is 5.99. The second-order valence-electron chi connectivity index (χ2n) is 8.66. The van der Waals surface area contributed by atoms with E-state index in [1.807, 2.05) is 6.33 Å². The molecule has 0 saturated carbocycles. The number of unbranched alkanes of at least 4 members (excludes halogenated alkanes) is 14. The van der Waals surface area contributed by atoms with Crippen LogP contribution in [0.4, 0.5) is 0 Å². The smallest absolute Gasteiger partial charge is 0.0925 e. The van der Waals surface area contributed by atoms with Gasteiger partial charge in [-0.2, -0.15) is 0 Å². The number of H-pyrrole nitrogens is 1. The van der Waals surface area contributed by atoms with Gasteiger partial charge in [-0.05, 0) is 19.3 Å². The number of aryl methyl sites for hydroxylation is 1. The summed E-state index contributed by atoms with van der Waals surface area (Å²) in [4.78, 5) is 8.08. The van der Waals surface area contributed by atoms with Gasteiger partial charge in [0.2, 0.25) is 0 Å². The summed E-state index contributed by atoms with van der Waals surface area (Å²) in [6.07, 6.45) is 26.8. The van der Waals surface area contributed by atoms with Gasteiger partial charge in [-0.25, -0.2) is 4.98 Å². The van der Waals surface area contributed by atoms with Gasteiger partial charge >= 0.3 is 0 Å². The third kappa shape index (κ3) is 12.3. The zero-order chi connectivity index (χ0) is 19.6. The van der Waals surface area contributed by atoms with Gasteiger partial charge in [0.25, 0.3) is 0 Å². The monoisotopic (exact) mass is 376 g/mol. The zero-order valence-electron chi connectivity index (χ0n) is 18.8. The van der Waals surface area contributed by atoms with Crippen LogP contribution >= 0.6 is 0 Å². The fraction of sp³-hybridized carbons (Fsp3) is 0.880. The van der Waals surface area contributed by atoms with Crippen LogP contribution in [-0.2, 0) is 6.42 Å². The molecule has 0 fully saturated rings. The Kier molecular flexibility index (Phi) is 15.6. The van der Waals surface area contributed by atoms with Crippen LogP contribution in [0.25, 0.3) is 0 Å². The summed E-state index contributed by atoms with van der Waals surface area (Å²) in [5, 5.41) is 0. The van der Waals surface area contributed by atoms with E-state index in [4.69, 9.17) is 0 Å². The van der Waals surface area contributed by atoms with Crippen LogP contribution in [0.1, 0.15) is 147 Å². The minimum atomic E-state index is 0.611. The van der Waals surface area contributed by atoms with E-state index in [0.717, 1.165) is 0 Å². The first kappa shape index (κ1) is 24.2. The largest absolute Gasteiger partial charge is 0.348 e. The highest BCUT2D eigenvalue weighted by Gasteiger charge is 2.13. The van der Waals surface area contributed by atoms with Crippen molar-refractivity contribution in [2.75, 3.05) is 0 Å². The standard InChI is InChI=1S/C25H48N2/c1-4-6-8-10-12-14-16-18-20-23(3)25-24(26-22-27-25)21-19-17-15-13-11-9-7-5-2/h22-23H,4-21H2,1-3H3,(H,26,27). The first-order chi connectivity index (χ1) is 13.3. The highest BCUT2D eigenvalue weighted by molar-refractivity contribution is 5.15. The van der Waals surface area contributed by atoms with Crippen molar-refractivity contribution < 1.29 is 0 Å². The number of aromatic amines is 1. The molecule has 1 unspecified atom stereocenters. The molecule has 2 nitrogen and oxygen atoms in total. The van der Waals surface area contributed by atoms with Gasteiger partial charge in [-0.1, -0.05) is 117 Å². The van der Waals surface area contributed by atoms with Crippen LogP contribution in [0.2, 0.25) is 0 Å². The lowest BCUT2D eigenvalue weighted by molar-refractivity contribution is 0.537. The summed E-state index contributed by atoms with van der Waals surface area (Å²) in [6.45, 7) is 6.95. The van der Waals surface area contributed by atoms with Crippen molar-refractivity contribution in [1.29, 1.82) is 0 Å². The van der Waals surface area contributed by atoms with Gasteiger partial charge in [-0.15, -0.1) is 0 Å². The predicted molar refractivity (Wildman–Crippen MR) is 121 cm³/mol. The Morgan fingerprint density at radius 1 is 0.704 bits per heavy atom. The number of nitrogens with one attached hydrogen (secondary N) is 1. The molecule has 1 atom stereocenters. The highest BCUT2D eigenvalue weighted by Crippen LogP contribution is 2.24. The van der Waals surface area contributed by atoms with E-state index in [0.29, 0.717) is 5.92 Å². The molecule has 158 valence electrons. The number of rotatable bonds is 19. The van der Waals surface area contributed by atoms with Crippen molar-refractivity contribution in [2.24, 2.45) is 0 Å². The SMILES string of the molecule is CCCCCCCCCCc1[nH]cnc1C(C)CCCCCCCCCC. The van der Waals surface area contributed by atoms with Crippen molar-refractivity contribution in [2.45, 2.75) is 142 Å². The molecule has 0 spiro atoms. The van der Waals surface area contributed by atoms with Gasteiger partial charge in [0.05, 0.1) is 12.0 Å². The Hall–Kier alpha value is -0.790. The number of hydrogen-bond donors (Lipinski definition) is 1. The number of imidazole rings is 1. The lowest BCUT2D eigenvalue weighted by Crippen LogP contribution is -2.00. The molecule has 0 aliphatic heterocycles. The molecule has 1 aromatic rings. The lowest BCUT2D eigenvalue weighted by atomic mass is 9.96. The number of nitrogens with zero attached hydrogens (tertiary/aromatic N) is 1. The quantitative estimate of drug-likeness (QED) is 0.240. The maximum absolute atomic E-state index is 4.66. The summed E-state index contributed by atoms with van der Waals surface area (Å²) in [6, 6.07) is 0. The molecule has 0 aliphatic carbocycles. The molecule has 1 N–H and O–H groups in total. The van der Waals surface area contributed by atoms with Crippen LogP contribution in [0.3, 0.4) is 0 Å². The van der Waals surface area contributed by atoms with E-state index in [-0.39, 0.29) is 0 Å². The van der Waals surface area contributed by atoms with E-state index >= 15 is 0 Å². The normalized spacial score (nSPS) is 12.6. The molecule has 0 aromatic carbocycles. The molecule has 2 heteroatoms. The Bertz CT molecular complexity index is 424. The first-order valence-corrected chi connectivity index (χ1v) is 12.3. The topological polar surface area (TPSA) is 28.7 Å². The van der Waals surface area contributed by atoms with Crippen molar-refractivity contribution >= 4 is 0 Å². The van der Waals surface area contributed by atoms with Crippen LogP contribution in [0.5, 0.6) is 0 Å². The third-order valence-electron chi connectivity index (χ3n) is 5.99. The van der Waals surface area contributed by atoms with E-state index in [2.05, 4.69) is 30.7 Å². The molecule has 0 radical (unpaired) electrons. The van der Waals surface area contributed by atoms with Crippen molar-refractivity contribution in [1.82, 2.24) is 9.97 Å². The van der Waals surface area contributed by atoms with Crippen molar-refractivity contribution in [3.8, 4) is 0 Å². The summed E-state index contributed by atoms with van der Waals surface area (Å²) < 4.78 is 0. The van der Waals surface area contributed by atoms with E-state index in [9.17, 15) is 0 Å². The van der Waals surface area contributed by atoms with E-state index in [1.165, 1.54) is 127 Å². The summed E-state index contributed by atoms with van der Waals surface area (Å²) in [7, 11) is 0. The molecule has 1 rings (SSSR count). The summed E-state index contributed by atoms with van der Waals surface area (Å²) >= 11 is 0.